The third-order valence-electron chi connectivity index (χ3n) is 3.02. The van der Waals surface area contributed by atoms with Gasteiger partial charge in [0.2, 0.25) is 0 Å². The van der Waals surface area contributed by atoms with Crippen LogP contribution in [0.25, 0.3) is 0 Å². The van der Waals surface area contributed by atoms with Gasteiger partial charge in [-0.3, -0.25) is 0 Å². The van der Waals surface area contributed by atoms with Crippen LogP contribution in [0, 0.1) is 5.82 Å². The summed E-state index contributed by atoms with van der Waals surface area (Å²) in [6.45, 7) is 1.64. The molecule has 0 spiro atoms. The number of hydrogen-bond donors (Lipinski definition) is 1. The summed E-state index contributed by atoms with van der Waals surface area (Å²) in [7, 11) is 0. The number of aliphatic hydroxyl groups is 1. The molecule has 0 heterocycles. The molecule has 0 amide bonds. The molecule has 0 aliphatic carbocycles. The van der Waals surface area contributed by atoms with Crippen molar-refractivity contribution in [1.82, 2.24) is 0 Å². The van der Waals surface area contributed by atoms with Crippen molar-refractivity contribution in [2.75, 3.05) is 0 Å². The van der Waals surface area contributed by atoms with Crippen LogP contribution in [0.5, 0.6) is 0 Å². The molecule has 2 aromatic rings. The highest BCUT2D eigenvalue weighted by Crippen LogP contribution is 2.28. The lowest BCUT2D eigenvalue weighted by molar-refractivity contribution is 0.0567. The van der Waals surface area contributed by atoms with E-state index in [0.717, 1.165) is 0 Å². The Balaban J connectivity index is 2.27. The molecule has 0 saturated carbocycles. The molecular formula is C15H13Cl2FO. The van der Waals surface area contributed by atoms with Crippen LogP contribution in [0.2, 0.25) is 10.0 Å². The largest absolute Gasteiger partial charge is 0.385 e. The fourth-order valence-electron chi connectivity index (χ4n) is 1.95. The van der Waals surface area contributed by atoms with E-state index in [-0.39, 0.29) is 6.42 Å². The molecule has 0 saturated heterocycles. The highest BCUT2D eigenvalue weighted by Gasteiger charge is 2.24. The minimum Gasteiger partial charge on any atom is -0.385 e. The van der Waals surface area contributed by atoms with Gasteiger partial charge in [0.1, 0.15) is 5.82 Å². The summed E-state index contributed by atoms with van der Waals surface area (Å²) in [5.74, 6) is -0.415. The lowest BCUT2D eigenvalue weighted by atomic mass is 9.89. The summed E-state index contributed by atoms with van der Waals surface area (Å²) in [6.07, 6.45) is 0.164. The molecule has 1 N–H and O–H groups in total. The first-order valence-electron chi connectivity index (χ1n) is 5.81. The van der Waals surface area contributed by atoms with Gasteiger partial charge in [-0.25, -0.2) is 4.39 Å². The van der Waals surface area contributed by atoms with E-state index >= 15 is 0 Å². The van der Waals surface area contributed by atoms with Gasteiger partial charge in [0.05, 0.1) is 5.60 Å². The van der Waals surface area contributed by atoms with Crippen molar-refractivity contribution in [3.05, 3.63) is 69.5 Å². The molecule has 0 radical (unpaired) electrons. The van der Waals surface area contributed by atoms with E-state index in [1.54, 1.807) is 43.3 Å². The summed E-state index contributed by atoms with van der Waals surface area (Å²) in [5, 5.41) is 11.4. The zero-order chi connectivity index (χ0) is 14.0. The maximum atomic E-state index is 13.7. The summed E-state index contributed by atoms with van der Waals surface area (Å²) < 4.78 is 13.7. The zero-order valence-electron chi connectivity index (χ0n) is 10.3. The molecule has 4 heteroatoms. The van der Waals surface area contributed by atoms with Crippen molar-refractivity contribution >= 4 is 23.2 Å². The van der Waals surface area contributed by atoms with Crippen LogP contribution in [0.3, 0.4) is 0 Å². The van der Waals surface area contributed by atoms with Crippen LogP contribution in [0.1, 0.15) is 18.1 Å². The molecule has 0 aromatic heterocycles. The van der Waals surface area contributed by atoms with E-state index in [4.69, 9.17) is 23.2 Å². The van der Waals surface area contributed by atoms with Crippen molar-refractivity contribution in [2.45, 2.75) is 18.9 Å². The first kappa shape index (κ1) is 14.3. The van der Waals surface area contributed by atoms with Gasteiger partial charge in [-0.15, -0.1) is 0 Å². The second-order valence-corrected chi connectivity index (χ2v) is 5.57. The van der Waals surface area contributed by atoms with Crippen LogP contribution in [0.15, 0.2) is 42.5 Å². The average molecular weight is 299 g/mol. The van der Waals surface area contributed by atoms with Crippen LogP contribution < -0.4 is 0 Å². The Kier molecular flexibility index (Phi) is 4.14. The standard InChI is InChI=1S/C15H13Cl2FO/c1-15(19,11-3-6-12(16)7-4-11)9-10-2-5-13(17)8-14(10)18/h2-8,19H,9H2,1H3. The second-order valence-electron chi connectivity index (χ2n) is 4.69. The highest BCUT2D eigenvalue weighted by atomic mass is 35.5. The van der Waals surface area contributed by atoms with E-state index in [2.05, 4.69) is 0 Å². The highest BCUT2D eigenvalue weighted by molar-refractivity contribution is 6.30. The van der Waals surface area contributed by atoms with Crippen LogP contribution in [-0.4, -0.2) is 5.11 Å². The Morgan fingerprint density at radius 1 is 1.05 bits per heavy atom. The lowest BCUT2D eigenvalue weighted by Gasteiger charge is -2.24. The van der Waals surface area contributed by atoms with Crippen LogP contribution >= 0.6 is 23.2 Å². The summed E-state index contributed by atoms with van der Waals surface area (Å²) in [5.41, 5.74) is -0.0604. The molecule has 1 nitrogen and oxygen atoms in total. The number of hydrogen-bond acceptors (Lipinski definition) is 1. The van der Waals surface area contributed by atoms with Crippen molar-refractivity contribution in [1.29, 1.82) is 0 Å². The molecule has 100 valence electrons. The minimum atomic E-state index is -1.17. The van der Waals surface area contributed by atoms with E-state index in [1.807, 2.05) is 0 Å². The van der Waals surface area contributed by atoms with E-state index in [1.165, 1.54) is 6.07 Å². The first-order valence-corrected chi connectivity index (χ1v) is 6.56. The Labute approximate surface area is 121 Å². The van der Waals surface area contributed by atoms with Crippen molar-refractivity contribution in [2.24, 2.45) is 0 Å². The molecule has 2 aromatic carbocycles. The molecule has 0 bridgehead atoms. The molecule has 0 aliphatic rings. The van der Waals surface area contributed by atoms with E-state index in [0.29, 0.717) is 21.2 Å². The van der Waals surface area contributed by atoms with Gasteiger partial charge < -0.3 is 5.11 Å². The minimum absolute atomic E-state index is 0.164. The molecule has 1 unspecified atom stereocenters. The lowest BCUT2D eigenvalue weighted by Crippen LogP contribution is -2.24. The van der Waals surface area contributed by atoms with Gasteiger partial charge in [0, 0.05) is 16.5 Å². The topological polar surface area (TPSA) is 20.2 Å². The Hall–Kier alpha value is -1.09. The molecule has 2 rings (SSSR count). The average Bonchev–Trinajstić information content (AvgIpc) is 2.33. The molecule has 1 atom stereocenters. The van der Waals surface area contributed by atoms with E-state index < -0.39 is 11.4 Å². The molecule has 0 aliphatic heterocycles. The molecular weight excluding hydrogens is 286 g/mol. The predicted molar refractivity (Wildman–Crippen MR) is 76.1 cm³/mol. The Morgan fingerprint density at radius 2 is 1.63 bits per heavy atom. The SMILES string of the molecule is CC(O)(Cc1ccc(Cl)cc1F)c1ccc(Cl)cc1. The van der Waals surface area contributed by atoms with Crippen LogP contribution in [0.4, 0.5) is 4.39 Å². The fraction of sp³-hybridized carbons (Fsp3) is 0.200. The summed E-state index contributed by atoms with van der Waals surface area (Å²) in [4.78, 5) is 0. The Morgan fingerprint density at radius 3 is 2.21 bits per heavy atom. The maximum Gasteiger partial charge on any atom is 0.127 e. The molecule has 0 fully saturated rings. The second kappa shape index (κ2) is 5.49. The fourth-order valence-corrected chi connectivity index (χ4v) is 2.23. The smallest absolute Gasteiger partial charge is 0.127 e. The first-order chi connectivity index (χ1) is 8.88. The zero-order valence-corrected chi connectivity index (χ0v) is 11.8. The third kappa shape index (κ3) is 3.47. The maximum absolute atomic E-state index is 13.7. The van der Waals surface area contributed by atoms with E-state index in [9.17, 15) is 9.50 Å². The third-order valence-corrected chi connectivity index (χ3v) is 3.50. The molecule has 19 heavy (non-hydrogen) atoms. The van der Waals surface area contributed by atoms with Crippen molar-refractivity contribution in [3.8, 4) is 0 Å². The van der Waals surface area contributed by atoms with Crippen molar-refractivity contribution in [3.63, 3.8) is 0 Å². The van der Waals surface area contributed by atoms with Gasteiger partial charge in [-0.2, -0.15) is 0 Å². The number of benzene rings is 2. The van der Waals surface area contributed by atoms with Crippen LogP contribution in [-0.2, 0) is 12.0 Å². The number of halogens is 3. The quantitative estimate of drug-likeness (QED) is 0.879. The predicted octanol–water partition coefficient (Wildman–Crippen LogP) is 4.58. The van der Waals surface area contributed by atoms with Gasteiger partial charge in [-0.1, -0.05) is 41.4 Å². The summed E-state index contributed by atoms with van der Waals surface area (Å²) >= 11 is 11.5. The van der Waals surface area contributed by atoms with Crippen molar-refractivity contribution < 1.29 is 9.50 Å². The van der Waals surface area contributed by atoms with Gasteiger partial charge >= 0.3 is 0 Å². The normalized spacial score (nSPS) is 14.2. The van der Waals surface area contributed by atoms with Gasteiger partial charge in [0.25, 0.3) is 0 Å². The van der Waals surface area contributed by atoms with Gasteiger partial charge in [-0.05, 0) is 42.3 Å². The number of rotatable bonds is 3. The van der Waals surface area contributed by atoms with Gasteiger partial charge in [0.15, 0.2) is 0 Å². The Bertz CT molecular complexity index is 579. The monoisotopic (exact) mass is 298 g/mol. The summed E-state index contributed by atoms with van der Waals surface area (Å²) in [6, 6.07) is 11.3.